The Balaban J connectivity index is 2.05. The third-order valence-corrected chi connectivity index (χ3v) is 3.11. The summed E-state index contributed by atoms with van der Waals surface area (Å²) in [5.74, 6) is 1.81. The molecule has 0 spiro atoms. The van der Waals surface area contributed by atoms with Crippen LogP contribution in [0, 0.1) is 11.8 Å². The van der Waals surface area contributed by atoms with Gasteiger partial charge in [0.1, 0.15) is 0 Å². The Kier molecular flexibility index (Phi) is 3.50. The molecule has 0 aliphatic heterocycles. The standard InChI is InChI=1S/C10H18S/c1-3-4-5-9-6-10(7-9)8(2)11/h9-10H,3-7H2,1-2H3/t9-,10+. The van der Waals surface area contributed by atoms with Crippen LogP contribution in [0.5, 0.6) is 0 Å². The van der Waals surface area contributed by atoms with E-state index in [1.807, 2.05) is 0 Å². The lowest BCUT2D eigenvalue weighted by molar-refractivity contribution is 0.238. The molecular formula is C10H18S. The fourth-order valence-corrected chi connectivity index (χ4v) is 1.99. The lowest BCUT2D eigenvalue weighted by atomic mass is 9.71. The molecule has 1 aliphatic rings. The van der Waals surface area contributed by atoms with Crippen LogP contribution in [0.2, 0.25) is 0 Å². The van der Waals surface area contributed by atoms with Gasteiger partial charge in [0.2, 0.25) is 0 Å². The SMILES string of the molecule is CCCC[C@H]1C[C@@H](C(C)=S)C1. The van der Waals surface area contributed by atoms with Gasteiger partial charge in [0.15, 0.2) is 0 Å². The lowest BCUT2D eigenvalue weighted by Gasteiger charge is -2.35. The Bertz CT molecular complexity index is 134. The van der Waals surface area contributed by atoms with E-state index in [0.29, 0.717) is 0 Å². The Morgan fingerprint density at radius 3 is 2.55 bits per heavy atom. The van der Waals surface area contributed by atoms with Crippen molar-refractivity contribution in [2.24, 2.45) is 11.8 Å². The second-order valence-electron chi connectivity index (χ2n) is 3.79. The van der Waals surface area contributed by atoms with Gasteiger partial charge in [-0.05, 0) is 36.5 Å². The largest absolute Gasteiger partial charge is 0.0897 e. The molecule has 0 saturated heterocycles. The van der Waals surface area contributed by atoms with Crippen LogP contribution in [0.25, 0.3) is 0 Å². The Labute approximate surface area is 75.4 Å². The maximum Gasteiger partial charge on any atom is -0.00714 e. The minimum Gasteiger partial charge on any atom is -0.0897 e. The van der Waals surface area contributed by atoms with Crippen LogP contribution < -0.4 is 0 Å². The van der Waals surface area contributed by atoms with Gasteiger partial charge in [0.25, 0.3) is 0 Å². The second-order valence-corrected chi connectivity index (χ2v) is 4.43. The molecule has 0 unspecified atom stereocenters. The van der Waals surface area contributed by atoms with Crippen molar-refractivity contribution in [1.29, 1.82) is 0 Å². The molecule has 0 aromatic heterocycles. The first-order chi connectivity index (χ1) is 5.24. The number of hydrogen-bond acceptors (Lipinski definition) is 1. The van der Waals surface area contributed by atoms with Gasteiger partial charge in [-0.15, -0.1) is 0 Å². The molecule has 0 bridgehead atoms. The van der Waals surface area contributed by atoms with E-state index < -0.39 is 0 Å². The summed E-state index contributed by atoms with van der Waals surface area (Å²) in [6, 6.07) is 0. The molecule has 0 aromatic rings. The zero-order valence-corrected chi connectivity index (χ0v) is 8.41. The zero-order chi connectivity index (χ0) is 8.27. The van der Waals surface area contributed by atoms with Gasteiger partial charge in [0.05, 0.1) is 0 Å². The van der Waals surface area contributed by atoms with Gasteiger partial charge in [-0.25, -0.2) is 0 Å². The van der Waals surface area contributed by atoms with Crippen molar-refractivity contribution in [2.75, 3.05) is 0 Å². The summed E-state index contributed by atoms with van der Waals surface area (Å²) < 4.78 is 0. The number of hydrogen-bond donors (Lipinski definition) is 0. The van der Waals surface area contributed by atoms with E-state index >= 15 is 0 Å². The fourth-order valence-electron chi connectivity index (χ4n) is 1.80. The topological polar surface area (TPSA) is 0 Å². The molecule has 1 saturated carbocycles. The molecule has 1 fully saturated rings. The fraction of sp³-hybridized carbons (Fsp3) is 0.900. The molecule has 1 rings (SSSR count). The minimum atomic E-state index is 0.798. The van der Waals surface area contributed by atoms with Crippen LogP contribution in [0.1, 0.15) is 46.0 Å². The molecule has 1 aliphatic carbocycles. The maximum atomic E-state index is 5.13. The molecule has 1 heteroatoms. The highest BCUT2D eigenvalue weighted by atomic mass is 32.1. The van der Waals surface area contributed by atoms with Crippen LogP contribution in [-0.4, -0.2) is 4.86 Å². The van der Waals surface area contributed by atoms with Crippen molar-refractivity contribution in [2.45, 2.75) is 46.0 Å². The van der Waals surface area contributed by atoms with Crippen LogP contribution in [-0.2, 0) is 0 Å². The predicted molar refractivity (Wildman–Crippen MR) is 54.0 cm³/mol. The van der Waals surface area contributed by atoms with Crippen LogP contribution in [0.4, 0.5) is 0 Å². The molecule has 0 heterocycles. The Hall–Kier alpha value is 0.0900. The molecule has 0 N–H and O–H groups in total. The normalized spacial score (nSPS) is 29.6. The summed E-state index contributed by atoms with van der Waals surface area (Å²) in [5.41, 5.74) is 0. The van der Waals surface area contributed by atoms with Crippen molar-refractivity contribution in [3.05, 3.63) is 0 Å². The van der Waals surface area contributed by atoms with E-state index in [9.17, 15) is 0 Å². The summed E-state index contributed by atoms with van der Waals surface area (Å²) >= 11 is 5.13. The van der Waals surface area contributed by atoms with E-state index in [2.05, 4.69) is 13.8 Å². The van der Waals surface area contributed by atoms with Crippen molar-refractivity contribution < 1.29 is 0 Å². The van der Waals surface area contributed by atoms with E-state index in [0.717, 1.165) is 11.8 Å². The van der Waals surface area contributed by atoms with Gasteiger partial charge in [0, 0.05) is 0 Å². The van der Waals surface area contributed by atoms with E-state index in [4.69, 9.17) is 12.2 Å². The van der Waals surface area contributed by atoms with E-state index in [1.54, 1.807) is 0 Å². The number of unbranched alkanes of at least 4 members (excludes halogenated alkanes) is 1. The van der Waals surface area contributed by atoms with E-state index in [1.165, 1.54) is 37.0 Å². The van der Waals surface area contributed by atoms with Crippen LogP contribution in [0.15, 0.2) is 0 Å². The highest BCUT2D eigenvalue weighted by Gasteiger charge is 2.29. The molecule has 64 valence electrons. The van der Waals surface area contributed by atoms with Gasteiger partial charge < -0.3 is 0 Å². The predicted octanol–water partition coefficient (Wildman–Crippen LogP) is 3.59. The summed E-state index contributed by atoms with van der Waals surface area (Å²) in [7, 11) is 0. The molecular weight excluding hydrogens is 152 g/mol. The average molecular weight is 170 g/mol. The first-order valence-electron chi connectivity index (χ1n) is 4.74. The lowest BCUT2D eigenvalue weighted by Crippen LogP contribution is -2.27. The second kappa shape index (κ2) is 4.20. The molecule has 11 heavy (non-hydrogen) atoms. The average Bonchev–Trinajstić information content (AvgIpc) is 1.84. The summed E-state index contributed by atoms with van der Waals surface area (Å²) in [6.45, 7) is 4.36. The number of thiocarbonyl (C=S) groups is 1. The van der Waals surface area contributed by atoms with Gasteiger partial charge in [-0.3, -0.25) is 0 Å². The Morgan fingerprint density at radius 2 is 2.09 bits per heavy atom. The van der Waals surface area contributed by atoms with Crippen molar-refractivity contribution in [3.8, 4) is 0 Å². The quantitative estimate of drug-likeness (QED) is 0.581. The molecule has 0 amide bonds. The maximum absolute atomic E-state index is 5.13. The van der Waals surface area contributed by atoms with Gasteiger partial charge >= 0.3 is 0 Å². The number of rotatable bonds is 4. The van der Waals surface area contributed by atoms with Crippen molar-refractivity contribution in [1.82, 2.24) is 0 Å². The summed E-state index contributed by atoms with van der Waals surface area (Å²) in [5, 5.41) is 0. The minimum absolute atomic E-state index is 0.798. The third-order valence-electron chi connectivity index (χ3n) is 2.78. The zero-order valence-electron chi connectivity index (χ0n) is 7.60. The van der Waals surface area contributed by atoms with E-state index in [-0.39, 0.29) is 0 Å². The molecule has 0 radical (unpaired) electrons. The monoisotopic (exact) mass is 170 g/mol. The first-order valence-corrected chi connectivity index (χ1v) is 5.15. The smallest absolute Gasteiger partial charge is 0.00714 e. The summed E-state index contributed by atoms with van der Waals surface area (Å²) in [6.07, 6.45) is 6.96. The Morgan fingerprint density at radius 1 is 1.45 bits per heavy atom. The van der Waals surface area contributed by atoms with Gasteiger partial charge in [-0.1, -0.05) is 38.4 Å². The molecule has 0 nitrogen and oxygen atoms in total. The van der Waals surface area contributed by atoms with Crippen LogP contribution in [0.3, 0.4) is 0 Å². The highest BCUT2D eigenvalue weighted by Crippen LogP contribution is 2.37. The first kappa shape index (κ1) is 9.18. The highest BCUT2D eigenvalue weighted by molar-refractivity contribution is 7.80. The van der Waals surface area contributed by atoms with Crippen LogP contribution >= 0.6 is 12.2 Å². The van der Waals surface area contributed by atoms with Gasteiger partial charge in [-0.2, -0.15) is 0 Å². The third kappa shape index (κ3) is 2.55. The van der Waals surface area contributed by atoms with Crippen molar-refractivity contribution >= 4 is 17.1 Å². The van der Waals surface area contributed by atoms with Crippen molar-refractivity contribution in [3.63, 3.8) is 0 Å². The molecule has 0 atom stereocenters. The molecule has 0 aromatic carbocycles. The summed E-state index contributed by atoms with van der Waals surface area (Å²) in [4.78, 5) is 1.23.